The van der Waals surface area contributed by atoms with Crippen molar-refractivity contribution in [3.63, 3.8) is 0 Å². The number of carboxylic acids is 1. The van der Waals surface area contributed by atoms with E-state index in [-0.39, 0.29) is 0 Å². The first-order valence-electron chi connectivity index (χ1n) is 8.20. The van der Waals surface area contributed by atoms with Gasteiger partial charge in [0, 0.05) is 32.1 Å². The molecule has 2 atom stereocenters. The summed E-state index contributed by atoms with van der Waals surface area (Å²) in [4.78, 5) is 13.4. The molecule has 0 aromatic heterocycles. The fraction of sp³-hybridized carbons (Fsp3) is 0.938. The van der Waals surface area contributed by atoms with Crippen LogP contribution in [-0.4, -0.2) is 48.2 Å². The molecule has 2 aliphatic rings. The van der Waals surface area contributed by atoms with E-state index < -0.39 is 5.97 Å². The van der Waals surface area contributed by atoms with E-state index in [1.807, 2.05) is 0 Å². The molecule has 1 heterocycles. The molecule has 0 aromatic rings. The van der Waals surface area contributed by atoms with Crippen molar-refractivity contribution in [1.82, 2.24) is 10.2 Å². The fourth-order valence-electron chi connectivity index (χ4n) is 3.54. The lowest BCUT2D eigenvalue weighted by Crippen LogP contribution is -2.51. The smallest absolute Gasteiger partial charge is 0.303 e. The molecule has 4 heteroatoms. The van der Waals surface area contributed by atoms with Crippen molar-refractivity contribution in [2.45, 2.75) is 52.0 Å². The first kappa shape index (κ1) is 15.8. The molecule has 2 N–H and O–H groups in total. The summed E-state index contributed by atoms with van der Waals surface area (Å²) in [6, 6.07) is 0.479. The van der Waals surface area contributed by atoms with E-state index in [0.29, 0.717) is 24.3 Å². The zero-order valence-corrected chi connectivity index (χ0v) is 13.0. The zero-order valence-electron chi connectivity index (χ0n) is 13.0. The average Bonchev–Trinajstić information content (AvgIpc) is 2.24. The Hall–Kier alpha value is -0.610. The molecule has 1 saturated carbocycles. The van der Waals surface area contributed by atoms with Crippen LogP contribution in [0.25, 0.3) is 0 Å². The van der Waals surface area contributed by atoms with Crippen LogP contribution in [0.15, 0.2) is 0 Å². The van der Waals surface area contributed by atoms with Gasteiger partial charge in [-0.15, -0.1) is 0 Å². The molecule has 0 spiro atoms. The Morgan fingerprint density at radius 3 is 2.60 bits per heavy atom. The third kappa shape index (κ3) is 5.06. The molecule has 2 unspecified atom stereocenters. The summed E-state index contributed by atoms with van der Waals surface area (Å²) in [5.41, 5.74) is 0. The molecule has 4 nitrogen and oxygen atoms in total. The highest BCUT2D eigenvalue weighted by molar-refractivity contribution is 5.67. The number of hydrogen-bond donors (Lipinski definition) is 2. The summed E-state index contributed by atoms with van der Waals surface area (Å²) in [5, 5.41) is 12.7. The average molecular weight is 282 g/mol. The number of nitrogens with zero attached hydrogens (tertiary/aromatic N) is 1. The first-order chi connectivity index (χ1) is 9.52. The van der Waals surface area contributed by atoms with Crippen molar-refractivity contribution in [2.75, 3.05) is 26.2 Å². The SMILES string of the molecule is CC(C)CN1CC(CC(=O)O)CC(NCC2CCC2)C1. The number of likely N-dealkylation sites (tertiary alicyclic amines) is 1. The van der Waals surface area contributed by atoms with Crippen LogP contribution in [-0.2, 0) is 4.79 Å². The van der Waals surface area contributed by atoms with Crippen molar-refractivity contribution >= 4 is 5.97 Å². The molecule has 0 amide bonds. The van der Waals surface area contributed by atoms with E-state index in [0.717, 1.165) is 38.5 Å². The zero-order chi connectivity index (χ0) is 14.5. The first-order valence-corrected chi connectivity index (χ1v) is 8.20. The summed E-state index contributed by atoms with van der Waals surface area (Å²) < 4.78 is 0. The summed E-state index contributed by atoms with van der Waals surface area (Å²) in [6.07, 6.45) is 5.46. The van der Waals surface area contributed by atoms with Crippen molar-refractivity contribution in [2.24, 2.45) is 17.8 Å². The van der Waals surface area contributed by atoms with Crippen LogP contribution in [0.2, 0.25) is 0 Å². The maximum Gasteiger partial charge on any atom is 0.303 e. The maximum absolute atomic E-state index is 11.0. The van der Waals surface area contributed by atoms with E-state index in [1.54, 1.807) is 0 Å². The topological polar surface area (TPSA) is 52.6 Å². The molecular formula is C16H30N2O2. The largest absolute Gasteiger partial charge is 0.481 e. The minimum Gasteiger partial charge on any atom is -0.481 e. The van der Waals surface area contributed by atoms with E-state index in [1.165, 1.54) is 19.3 Å². The minimum atomic E-state index is -0.654. The van der Waals surface area contributed by atoms with Gasteiger partial charge in [-0.05, 0) is 43.6 Å². The van der Waals surface area contributed by atoms with E-state index in [2.05, 4.69) is 24.1 Å². The van der Waals surface area contributed by atoms with Gasteiger partial charge >= 0.3 is 5.97 Å². The summed E-state index contributed by atoms with van der Waals surface area (Å²) in [6.45, 7) is 8.71. The Morgan fingerprint density at radius 2 is 2.05 bits per heavy atom. The van der Waals surface area contributed by atoms with Gasteiger partial charge in [0.2, 0.25) is 0 Å². The van der Waals surface area contributed by atoms with Crippen molar-refractivity contribution in [3.05, 3.63) is 0 Å². The highest BCUT2D eigenvalue weighted by Crippen LogP contribution is 2.26. The number of carboxylic acid groups (broad SMARTS) is 1. The third-order valence-electron chi connectivity index (χ3n) is 4.62. The number of rotatable bonds is 7. The van der Waals surface area contributed by atoms with Gasteiger partial charge < -0.3 is 15.3 Å². The molecular weight excluding hydrogens is 252 g/mol. The van der Waals surface area contributed by atoms with Crippen LogP contribution in [0.4, 0.5) is 0 Å². The third-order valence-corrected chi connectivity index (χ3v) is 4.62. The van der Waals surface area contributed by atoms with Gasteiger partial charge in [0.05, 0.1) is 0 Å². The molecule has 0 aromatic carbocycles. The summed E-state index contributed by atoms with van der Waals surface area (Å²) in [5.74, 6) is 1.16. The van der Waals surface area contributed by atoms with E-state index in [4.69, 9.17) is 5.11 Å². The molecule has 2 fully saturated rings. The normalized spacial score (nSPS) is 28.6. The van der Waals surface area contributed by atoms with Crippen LogP contribution in [0.3, 0.4) is 0 Å². The second-order valence-corrected chi connectivity index (χ2v) is 7.21. The predicted octanol–water partition coefficient (Wildman–Crippen LogP) is 2.20. The Labute approximate surface area is 122 Å². The van der Waals surface area contributed by atoms with Gasteiger partial charge in [0.15, 0.2) is 0 Å². The number of piperidine rings is 1. The molecule has 1 aliphatic carbocycles. The molecule has 0 radical (unpaired) electrons. The van der Waals surface area contributed by atoms with Crippen LogP contribution in [0.5, 0.6) is 0 Å². The molecule has 116 valence electrons. The Bertz CT molecular complexity index is 316. The number of hydrogen-bond acceptors (Lipinski definition) is 3. The standard InChI is InChI=1S/C16H30N2O2/c1-12(2)9-18-10-14(7-16(19)20)6-15(11-18)17-8-13-4-3-5-13/h12-15,17H,3-11H2,1-2H3,(H,19,20). The Balaban J connectivity index is 1.82. The minimum absolute atomic E-state index is 0.305. The molecule has 0 bridgehead atoms. The highest BCUT2D eigenvalue weighted by atomic mass is 16.4. The maximum atomic E-state index is 11.0. The predicted molar refractivity (Wildman–Crippen MR) is 80.8 cm³/mol. The monoisotopic (exact) mass is 282 g/mol. The number of carbonyl (C=O) groups is 1. The molecule has 1 aliphatic heterocycles. The molecule has 2 rings (SSSR count). The van der Waals surface area contributed by atoms with Gasteiger partial charge in [-0.25, -0.2) is 0 Å². The van der Waals surface area contributed by atoms with Crippen LogP contribution in [0.1, 0.15) is 46.0 Å². The van der Waals surface area contributed by atoms with Gasteiger partial charge in [0.1, 0.15) is 0 Å². The van der Waals surface area contributed by atoms with Crippen LogP contribution < -0.4 is 5.32 Å². The Morgan fingerprint density at radius 1 is 1.30 bits per heavy atom. The van der Waals surface area contributed by atoms with Crippen LogP contribution in [0, 0.1) is 17.8 Å². The molecule has 20 heavy (non-hydrogen) atoms. The van der Waals surface area contributed by atoms with Gasteiger partial charge in [-0.3, -0.25) is 4.79 Å². The Kier molecular flexibility index (Phi) is 5.85. The van der Waals surface area contributed by atoms with Crippen LogP contribution >= 0.6 is 0 Å². The lowest BCUT2D eigenvalue weighted by Gasteiger charge is -2.39. The number of aliphatic carboxylic acids is 1. The lowest BCUT2D eigenvalue weighted by atomic mass is 9.84. The quantitative estimate of drug-likeness (QED) is 0.751. The van der Waals surface area contributed by atoms with Gasteiger partial charge in [-0.2, -0.15) is 0 Å². The second kappa shape index (κ2) is 7.41. The highest BCUT2D eigenvalue weighted by Gasteiger charge is 2.29. The van der Waals surface area contributed by atoms with Gasteiger partial charge in [0.25, 0.3) is 0 Å². The van der Waals surface area contributed by atoms with E-state index in [9.17, 15) is 4.79 Å². The van der Waals surface area contributed by atoms with E-state index >= 15 is 0 Å². The lowest BCUT2D eigenvalue weighted by molar-refractivity contribution is -0.138. The van der Waals surface area contributed by atoms with Crippen molar-refractivity contribution in [3.8, 4) is 0 Å². The number of nitrogens with one attached hydrogen (secondary N) is 1. The fourth-order valence-corrected chi connectivity index (χ4v) is 3.54. The second-order valence-electron chi connectivity index (χ2n) is 7.21. The van der Waals surface area contributed by atoms with Crippen molar-refractivity contribution < 1.29 is 9.90 Å². The molecule has 1 saturated heterocycles. The summed E-state index contributed by atoms with van der Waals surface area (Å²) >= 11 is 0. The summed E-state index contributed by atoms with van der Waals surface area (Å²) in [7, 11) is 0. The van der Waals surface area contributed by atoms with Gasteiger partial charge in [-0.1, -0.05) is 20.3 Å². The van der Waals surface area contributed by atoms with Crippen molar-refractivity contribution in [1.29, 1.82) is 0 Å².